The molecule has 1 atom stereocenters. The van der Waals surface area contributed by atoms with Crippen LogP contribution in [0.5, 0.6) is 0 Å². The first-order valence-corrected chi connectivity index (χ1v) is 4.78. The van der Waals surface area contributed by atoms with Gasteiger partial charge in [-0.3, -0.25) is 4.79 Å². The Morgan fingerprint density at radius 2 is 2.00 bits per heavy atom. The minimum absolute atomic E-state index is 0.0804. The molecule has 70 valence electrons. The number of aliphatic carboxylic acids is 1. The maximum absolute atomic E-state index is 10.6. The normalized spacial score (nSPS) is 14.9. The predicted molar refractivity (Wildman–Crippen MR) is 55.0 cm³/mol. The van der Waals surface area contributed by atoms with Gasteiger partial charge in [0.25, 0.3) is 0 Å². The number of hydrogen-bond acceptors (Lipinski definition) is 1. The van der Waals surface area contributed by atoms with Crippen molar-refractivity contribution in [3.05, 3.63) is 35.9 Å². The molecule has 0 aliphatic rings. The summed E-state index contributed by atoms with van der Waals surface area (Å²) < 4.78 is -0.472. The van der Waals surface area contributed by atoms with E-state index in [1.807, 2.05) is 37.3 Å². The molecule has 0 bridgehead atoms. The third-order valence-corrected chi connectivity index (χ3v) is 2.60. The molecule has 0 heterocycles. The first-order valence-electron chi connectivity index (χ1n) is 3.98. The lowest BCUT2D eigenvalue weighted by Crippen LogP contribution is -2.17. The second-order valence-corrected chi connectivity index (χ2v) is 4.88. The van der Waals surface area contributed by atoms with E-state index in [1.54, 1.807) is 0 Å². The van der Waals surface area contributed by atoms with Gasteiger partial charge >= 0.3 is 5.97 Å². The zero-order chi connectivity index (χ0) is 9.90. The molecule has 0 radical (unpaired) electrons. The highest BCUT2D eigenvalue weighted by Crippen LogP contribution is 2.33. The fourth-order valence-corrected chi connectivity index (χ4v) is 1.68. The summed E-state index contributed by atoms with van der Waals surface area (Å²) in [5.41, 5.74) is 0.984. The monoisotopic (exact) mass is 242 g/mol. The van der Waals surface area contributed by atoms with Crippen molar-refractivity contribution >= 4 is 21.9 Å². The number of halogens is 1. The van der Waals surface area contributed by atoms with E-state index >= 15 is 0 Å². The molecule has 0 saturated carbocycles. The molecule has 0 amide bonds. The van der Waals surface area contributed by atoms with Crippen molar-refractivity contribution in [2.45, 2.75) is 17.7 Å². The van der Waals surface area contributed by atoms with Crippen LogP contribution in [0.1, 0.15) is 18.9 Å². The molecule has 1 rings (SSSR count). The van der Waals surface area contributed by atoms with E-state index in [0.717, 1.165) is 5.56 Å². The van der Waals surface area contributed by atoms with E-state index in [0.29, 0.717) is 0 Å². The van der Waals surface area contributed by atoms with Crippen molar-refractivity contribution in [2.75, 3.05) is 0 Å². The number of hydrogen-bond donors (Lipinski definition) is 1. The number of carboxylic acid groups (broad SMARTS) is 1. The maximum atomic E-state index is 10.6. The van der Waals surface area contributed by atoms with Crippen molar-refractivity contribution in [1.29, 1.82) is 0 Å². The molecule has 3 heteroatoms. The van der Waals surface area contributed by atoms with Crippen molar-refractivity contribution in [3.8, 4) is 0 Å². The lowest BCUT2D eigenvalue weighted by Gasteiger charge is -2.20. The number of rotatable bonds is 3. The Morgan fingerprint density at radius 1 is 1.46 bits per heavy atom. The lowest BCUT2D eigenvalue weighted by molar-refractivity contribution is -0.137. The van der Waals surface area contributed by atoms with Gasteiger partial charge in [0.15, 0.2) is 0 Å². The van der Waals surface area contributed by atoms with Crippen molar-refractivity contribution < 1.29 is 9.90 Å². The van der Waals surface area contributed by atoms with Gasteiger partial charge in [-0.25, -0.2) is 0 Å². The maximum Gasteiger partial charge on any atom is 0.305 e. The average molecular weight is 243 g/mol. The standard InChI is InChI=1S/C10H11BrO2/c1-10(11,7-9(12)13)8-5-3-2-4-6-8/h2-6H,7H2,1H3,(H,12,13). The zero-order valence-electron chi connectivity index (χ0n) is 7.33. The van der Waals surface area contributed by atoms with Crippen LogP contribution in [0.2, 0.25) is 0 Å². The predicted octanol–water partition coefficient (Wildman–Crippen LogP) is 2.77. The molecule has 0 aliphatic carbocycles. The average Bonchev–Trinajstić information content (AvgIpc) is 2.04. The molecular weight excluding hydrogens is 232 g/mol. The summed E-state index contributed by atoms with van der Waals surface area (Å²) in [6.07, 6.45) is 0.0804. The Balaban J connectivity index is 2.87. The highest BCUT2D eigenvalue weighted by atomic mass is 79.9. The molecule has 13 heavy (non-hydrogen) atoms. The fraction of sp³-hybridized carbons (Fsp3) is 0.300. The van der Waals surface area contributed by atoms with E-state index in [1.165, 1.54) is 0 Å². The van der Waals surface area contributed by atoms with E-state index in [4.69, 9.17) is 5.11 Å². The Bertz CT molecular complexity index is 293. The van der Waals surface area contributed by atoms with Gasteiger partial charge in [-0.1, -0.05) is 46.3 Å². The summed E-state index contributed by atoms with van der Waals surface area (Å²) in [4.78, 5) is 10.6. The quantitative estimate of drug-likeness (QED) is 0.829. The molecule has 1 unspecified atom stereocenters. The summed E-state index contributed by atoms with van der Waals surface area (Å²) >= 11 is 3.41. The van der Waals surface area contributed by atoms with Crippen LogP contribution < -0.4 is 0 Å². The van der Waals surface area contributed by atoms with E-state index < -0.39 is 10.3 Å². The van der Waals surface area contributed by atoms with Crippen LogP contribution in [0, 0.1) is 0 Å². The second-order valence-electron chi connectivity index (χ2n) is 3.13. The Labute approximate surface area is 85.7 Å². The SMILES string of the molecule is CC(Br)(CC(=O)O)c1ccccc1. The van der Waals surface area contributed by atoms with Crippen molar-refractivity contribution in [3.63, 3.8) is 0 Å². The van der Waals surface area contributed by atoms with Gasteiger partial charge < -0.3 is 5.11 Å². The minimum Gasteiger partial charge on any atom is -0.481 e. The topological polar surface area (TPSA) is 37.3 Å². The summed E-state index contributed by atoms with van der Waals surface area (Å²) in [6, 6.07) is 9.54. The fourth-order valence-electron chi connectivity index (χ4n) is 1.17. The van der Waals surface area contributed by atoms with Crippen molar-refractivity contribution in [2.24, 2.45) is 0 Å². The van der Waals surface area contributed by atoms with Crippen LogP contribution in [0.25, 0.3) is 0 Å². The molecule has 1 N–H and O–H groups in total. The van der Waals surface area contributed by atoms with Crippen molar-refractivity contribution in [1.82, 2.24) is 0 Å². The lowest BCUT2D eigenvalue weighted by atomic mass is 9.98. The smallest absolute Gasteiger partial charge is 0.305 e. The summed E-state index contributed by atoms with van der Waals surface area (Å²) in [7, 11) is 0. The molecule has 0 spiro atoms. The number of carboxylic acids is 1. The van der Waals surface area contributed by atoms with Gasteiger partial charge in [-0.2, -0.15) is 0 Å². The Kier molecular flexibility index (Phi) is 3.09. The van der Waals surface area contributed by atoms with Gasteiger partial charge in [-0.15, -0.1) is 0 Å². The van der Waals surface area contributed by atoms with E-state index in [2.05, 4.69) is 15.9 Å². The van der Waals surface area contributed by atoms with Crippen LogP contribution in [-0.4, -0.2) is 11.1 Å². The largest absolute Gasteiger partial charge is 0.481 e. The van der Waals surface area contributed by atoms with Crippen LogP contribution in [0.4, 0.5) is 0 Å². The minimum atomic E-state index is -0.803. The molecule has 0 aliphatic heterocycles. The molecule has 1 aromatic rings. The number of alkyl halides is 1. The Hall–Kier alpha value is -0.830. The van der Waals surface area contributed by atoms with Gasteiger partial charge in [0.1, 0.15) is 0 Å². The highest BCUT2D eigenvalue weighted by Gasteiger charge is 2.25. The number of carbonyl (C=O) groups is 1. The molecule has 0 fully saturated rings. The van der Waals surface area contributed by atoms with Gasteiger partial charge in [-0.05, 0) is 12.5 Å². The van der Waals surface area contributed by atoms with Crippen LogP contribution in [0.15, 0.2) is 30.3 Å². The zero-order valence-corrected chi connectivity index (χ0v) is 8.91. The van der Waals surface area contributed by atoms with Crippen LogP contribution in [-0.2, 0) is 9.12 Å². The second kappa shape index (κ2) is 3.92. The number of benzene rings is 1. The summed E-state index contributed by atoms with van der Waals surface area (Å²) in [5, 5.41) is 8.68. The molecule has 0 saturated heterocycles. The molecular formula is C10H11BrO2. The molecule has 1 aromatic carbocycles. The van der Waals surface area contributed by atoms with Gasteiger partial charge in [0, 0.05) is 0 Å². The highest BCUT2D eigenvalue weighted by molar-refractivity contribution is 9.09. The summed E-state index contributed by atoms with van der Waals surface area (Å²) in [6.45, 7) is 1.86. The van der Waals surface area contributed by atoms with Crippen LogP contribution >= 0.6 is 15.9 Å². The van der Waals surface area contributed by atoms with E-state index in [9.17, 15) is 4.79 Å². The molecule has 2 nitrogen and oxygen atoms in total. The first kappa shape index (κ1) is 10.3. The van der Waals surface area contributed by atoms with E-state index in [-0.39, 0.29) is 6.42 Å². The Morgan fingerprint density at radius 3 is 2.46 bits per heavy atom. The van der Waals surface area contributed by atoms with Gasteiger partial charge in [0.05, 0.1) is 10.7 Å². The third kappa shape index (κ3) is 2.84. The molecule has 0 aromatic heterocycles. The van der Waals surface area contributed by atoms with Gasteiger partial charge in [0.2, 0.25) is 0 Å². The van der Waals surface area contributed by atoms with Crippen LogP contribution in [0.3, 0.4) is 0 Å². The summed E-state index contributed by atoms with van der Waals surface area (Å²) in [5.74, 6) is -0.803. The third-order valence-electron chi connectivity index (χ3n) is 1.86. The first-order chi connectivity index (χ1) is 6.02.